The van der Waals surface area contributed by atoms with Crippen LogP contribution in [-0.2, 0) is 102 Å². The third-order valence-electron chi connectivity index (χ3n) is 0.711. The average molecular weight is 525 g/mol. The first-order valence-electron chi connectivity index (χ1n) is 5.17. The normalized spacial score (nSPS) is 6.76. The van der Waals surface area contributed by atoms with Crippen molar-refractivity contribution in [3.63, 3.8) is 0 Å². The zero-order chi connectivity index (χ0) is 23.3. The number of hydrogen-bond acceptors (Lipinski definition) is 19. The molecule has 0 saturated carbocycles. The second-order valence-corrected chi connectivity index (χ2v) is 2.38. The summed E-state index contributed by atoms with van der Waals surface area (Å²) in [5.74, 6) is 0. The quantitative estimate of drug-likeness (QED) is 0.0745. The van der Waals surface area contributed by atoms with Gasteiger partial charge in [0.05, 0.1) is 0 Å². The Kier molecular flexibility index (Phi) is 130. The van der Waals surface area contributed by atoms with Crippen LogP contribution in [0.3, 0.4) is 0 Å². The van der Waals surface area contributed by atoms with Crippen molar-refractivity contribution in [3.8, 4) is 0 Å². The van der Waals surface area contributed by atoms with Crippen molar-refractivity contribution in [2.75, 3.05) is 26.4 Å². The van der Waals surface area contributed by atoms with Crippen molar-refractivity contribution in [1.82, 2.24) is 0 Å². The van der Waals surface area contributed by atoms with Crippen molar-refractivity contribution in [2.24, 2.45) is 0 Å². The third kappa shape index (κ3) is 213. The molecule has 0 saturated heterocycles. The number of hydrogen-bond donors (Lipinski definition) is 5. The molecular formula is C7H18MnO20Ti. The minimum atomic E-state index is -2.00. The maximum absolute atomic E-state index is 8.50. The van der Waals surface area contributed by atoms with E-state index < -0.39 is 33.9 Å². The predicted octanol–water partition coefficient (Wildman–Crippen LogP) is -1.07. The molecule has 0 aliphatic rings. The summed E-state index contributed by atoms with van der Waals surface area (Å²) in [6, 6.07) is 0. The van der Waals surface area contributed by atoms with Crippen LogP contribution in [0, 0.1) is 0 Å². The minimum absolute atomic E-state index is 0. The molecule has 0 amide bonds. The van der Waals surface area contributed by atoms with Gasteiger partial charge in [0.2, 0.25) is 0 Å². The Labute approximate surface area is 175 Å². The summed E-state index contributed by atoms with van der Waals surface area (Å²) in [7, 11) is 0. The summed E-state index contributed by atoms with van der Waals surface area (Å²) in [6.07, 6.45) is 0.250. The van der Waals surface area contributed by atoms with Gasteiger partial charge in [-0.15, -0.1) is 0 Å². The van der Waals surface area contributed by atoms with Gasteiger partial charge in [-0.3, -0.25) is 4.79 Å². The first kappa shape index (κ1) is 46.2. The second kappa shape index (κ2) is 81.4. The van der Waals surface area contributed by atoms with Crippen molar-refractivity contribution in [2.45, 2.75) is 7.43 Å². The fraction of sp³-hybridized carbons (Fsp3) is 0.714. The van der Waals surface area contributed by atoms with Gasteiger partial charge in [-0.2, -0.15) is 9.59 Å². The molecule has 0 unspecified atom stereocenters. The van der Waals surface area contributed by atoms with E-state index in [1.54, 1.807) is 0 Å². The van der Waals surface area contributed by atoms with Gasteiger partial charge in [-0.05, 0) is 0 Å². The Balaban J connectivity index is -0.0000000429. The van der Waals surface area contributed by atoms with Gasteiger partial charge in [-0.1, -0.05) is 27.6 Å². The van der Waals surface area contributed by atoms with E-state index in [-0.39, 0.29) is 46.5 Å². The van der Waals surface area contributed by atoms with Crippen LogP contribution in [-0.4, -0.2) is 65.2 Å². The molecule has 0 aromatic carbocycles. The van der Waals surface area contributed by atoms with Crippen LogP contribution in [0.1, 0.15) is 7.43 Å². The summed E-state index contributed by atoms with van der Waals surface area (Å²) in [6.45, 7) is -0.373. The molecule has 0 atom stereocenters. The monoisotopic (exact) mass is 525 g/mol. The van der Waals surface area contributed by atoms with Gasteiger partial charge >= 0.3 is 54.4 Å². The molecule has 0 spiro atoms. The molecular weight excluding hydrogens is 507 g/mol. The van der Waals surface area contributed by atoms with Crippen LogP contribution in [0.2, 0.25) is 0 Å². The van der Waals surface area contributed by atoms with E-state index in [0.29, 0.717) is 0 Å². The van der Waals surface area contributed by atoms with Crippen molar-refractivity contribution >= 4 is 12.6 Å². The van der Waals surface area contributed by atoms with Gasteiger partial charge < -0.3 is 5.11 Å². The summed E-state index contributed by atoms with van der Waals surface area (Å²) in [5, 5.41) is 49.5. The molecule has 0 aromatic rings. The molecule has 20 nitrogen and oxygen atoms in total. The van der Waals surface area contributed by atoms with Gasteiger partial charge in [0.15, 0.2) is 0 Å². The summed E-state index contributed by atoms with van der Waals surface area (Å²) in [4.78, 5) is 40.1. The molecule has 177 valence electrons. The Bertz CT molecular complexity index is 283. The Morgan fingerprint density at radius 1 is 0.759 bits per heavy atom. The fourth-order valence-electron chi connectivity index (χ4n) is 0.285. The molecule has 0 aliphatic carbocycles. The second-order valence-electron chi connectivity index (χ2n) is 1.92. The SMILES string of the molecule is C.O=C=O.O=CO.OOOCCOOO.OOOCCOOO.[O]=[Mn]=[O].[O]=[Ti]=[O]. The predicted molar refractivity (Wildman–Crippen MR) is 61.8 cm³/mol. The van der Waals surface area contributed by atoms with Crippen LogP contribution >= 0.6 is 0 Å². The number of rotatable bonds is 10. The maximum atomic E-state index is 8.50. The van der Waals surface area contributed by atoms with Crippen LogP contribution in [0.5, 0.6) is 0 Å². The third-order valence-corrected chi connectivity index (χ3v) is 0.711. The molecule has 0 fully saturated rings. The average Bonchev–Trinajstić information content (AvgIpc) is 2.66. The van der Waals surface area contributed by atoms with Crippen LogP contribution < -0.4 is 0 Å². The molecule has 0 bridgehead atoms. The molecule has 0 aliphatic heterocycles. The zero-order valence-electron chi connectivity index (χ0n) is 13.1. The number of carboxylic acid groups (broad SMARTS) is 1. The van der Waals surface area contributed by atoms with E-state index in [1.165, 1.54) is 0 Å². The Morgan fingerprint density at radius 3 is 0.931 bits per heavy atom. The molecule has 22 heteroatoms. The molecule has 29 heavy (non-hydrogen) atoms. The van der Waals surface area contributed by atoms with Crippen LogP contribution in [0.15, 0.2) is 0 Å². The molecule has 0 radical (unpaired) electrons. The van der Waals surface area contributed by atoms with Gasteiger partial charge in [0, 0.05) is 0 Å². The first-order chi connectivity index (χ1) is 13.5. The molecule has 0 heterocycles. The number of carbonyl (C=O) groups excluding carboxylic acids is 2. The Hall–Kier alpha value is -1.20. The molecule has 0 rings (SSSR count). The molecule has 5 N–H and O–H groups in total. The first-order valence-corrected chi connectivity index (χ1v) is 7.41. The molecule has 0 aromatic heterocycles. The Morgan fingerprint density at radius 2 is 0.862 bits per heavy atom. The van der Waals surface area contributed by atoms with Crippen LogP contribution in [0.4, 0.5) is 0 Å². The topological polar surface area (TPSA) is 294 Å². The van der Waals surface area contributed by atoms with Gasteiger partial charge in [-0.25, -0.2) is 40.6 Å². The van der Waals surface area contributed by atoms with Crippen molar-refractivity contribution in [3.05, 3.63) is 0 Å². The summed E-state index contributed by atoms with van der Waals surface area (Å²) < 4.78 is 33.8. The van der Waals surface area contributed by atoms with E-state index in [2.05, 4.69) is 39.7 Å². The summed E-state index contributed by atoms with van der Waals surface area (Å²) >= 11 is -3.44. The fourth-order valence-corrected chi connectivity index (χ4v) is 0.285. The van der Waals surface area contributed by atoms with Crippen molar-refractivity contribution < 1.29 is 128 Å². The summed E-state index contributed by atoms with van der Waals surface area (Å²) in [5.41, 5.74) is 0. The zero-order valence-corrected chi connectivity index (χ0v) is 15.9. The van der Waals surface area contributed by atoms with E-state index in [9.17, 15) is 0 Å². The van der Waals surface area contributed by atoms with E-state index >= 15 is 0 Å². The van der Waals surface area contributed by atoms with E-state index in [4.69, 9.17) is 54.8 Å². The van der Waals surface area contributed by atoms with E-state index in [1.807, 2.05) is 0 Å². The van der Waals surface area contributed by atoms with Crippen molar-refractivity contribution in [1.29, 1.82) is 0 Å². The van der Waals surface area contributed by atoms with Crippen LogP contribution in [0.25, 0.3) is 0 Å². The van der Waals surface area contributed by atoms with Gasteiger partial charge in [0.1, 0.15) is 26.4 Å². The van der Waals surface area contributed by atoms with Gasteiger partial charge in [0.25, 0.3) is 6.47 Å². The number of carbonyl (C=O) groups is 1. The van der Waals surface area contributed by atoms with E-state index in [0.717, 1.165) is 0 Å². The standard InChI is InChI=1S/2C2H6O6.CH2O2.CO2.CH4.Mn.4O.Ti/c2*3-7-5-1-2-6-8-4;2*2-1-3;;;;;;;/h2*3-4H,1-2H2;1H,(H,2,3);;1H4;;;;;;.